The molecule has 0 heterocycles. The van der Waals surface area contributed by atoms with Crippen molar-refractivity contribution in [1.29, 1.82) is 0 Å². The van der Waals surface area contributed by atoms with Gasteiger partial charge in [-0.3, -0.25) is 9.59 Å². The smallest absolute Gasteiger partial charge is 0.223 e. The van der Waals surface area contributed by atoms with Crippen LogP contribution >= 0.6 is 23.2 Å². The van der Waals surface area contributed by atoms with Crippen LogP contribution in [-0.2, 0) is 9.59 Å². The lowest BCUT2D eigenvalue weighted by atomic mass is 10.4. The largest absolute Gasteiger partial charge is 0.281 e. The van der Waals surface area contributed by atoms with Gasteiger partial charge < -0.3 is 0 Å². The van der Waals surface area contributed by atoms with Crippen molar-refractivity contribution in [3.05, 3.63) is 10.1 Å². The first-order chi connectivity index (χ1) is 6.43. The molecule has 0 atom stereocenters. The summed E-state index contributed by atoms with van der Waals surface area (Å²) in [5.41, 5.74) is 0. The highest BCUT2D eigenvalue weighted by Crippen LogP contribution is 1.99. The minimum Gasteiger partial charge on any atom is -0.281 e. The highest BCUT2D eigenvalue weighted by Gasteiger charge is 2.16. The standard InChI is InChI=1S/C6H8Cl2N2O4/c7-5(11)1-3-9(10(13)14)4-2-6(8)12/h1-4H2. The Morgan fingerprint density at radius 2 is 1.50 bits per heavy atom. The Balaban J connectivity index is 3.96. The van der Waals surface area contributed by atoms with Crippen molar-refractivity contribution in [2.24, 2.45) is 0 Å². The molecule has 0 N–H and O–H groups in total. The van der Waals surface area contributed by atoms with Crippen LogP contribution in [0, 0.1) is 10.1 Å². The number of carbonyl (C=O) groups excluding carboxylic acids is 2. The third kappa shape index (κ3) is 6.62. The van der Waals surface area contributed by atoms with Gasteiger partial charge in [0, 0.05) is 12.8 Å². The Kier molecular flexibility index (Phi) is 6.14. The van der Waals surface area contributed by atoms with Gasteiger partial charge in [0.1, 0.15) is 0 Å². The van der Waals surface area contributed by atoms with Gasteiger partial charge in [-0.2, -0.15) is 0 Å². The minimum atomic E-state index is -0.695. The maximum Gasteiger partial charge on any atom is 0.223 e. The summed E-state index contributed by atoms with van der Waals surface area (Å²) in [6.07, 6.45) is -0.280. The van der Waals surface area contributed by atoms with Gasteiger partial charge in [-0.15, -0.1) is 5.01 Å². The van der Waals surface area contributed by atoms with Gasteiger partial charge in [0.2, 0.25) is 10.5 Å². The fourth-order valence-electron chi connectivity index (χ4n) is 0.709. The zero-order chi connectivity index (χ0) is 11.1. The molecule has 0 aromatic heterocycles. The van der Waals surface area contributed by atoms with Gasteiger partial charge >= 0.3 is 0 Å². The summed E-state index contributed by atoms with van der Waals surface area (Å²) in [6.45, 7) is -0.251. The van der Waals surface area contributed by atoms with E-state index in [1.807, 2.05) is 0 Å². The second-order valence-electron chi connectivity index (χ2n) is 2.40. The number of carbonyl (C=O) groups is 2. The number of hydrogen-bond acceptors (Lipinski definition) is 4. The highest BCUT2D eigenvalue weighted by atomic mass is 35.5. The van der Waals surface area contributed by atoms with Gasteiger partial charge in [0.15, 0.2) is 5.03 Å². The maximum atomic E-state index is 10.3. The summed E-state index contributed by atoms with van der Waals surface area (Å²) < 4.78 is 0. The van der Waals surface area contributed by atoms with Crippen molar-refractivity contribution < 1.29 is 14.6 Å². The van der Waals surface area contributed by atoms with Crippen LogP contribution < -0.4 is 0 Å². The topological polar surface area (TPSA) is 80.5 Å². The molecule has 0 aromatic carbocycles. The third-order valence-electron chi connectivity index (χ3n) is 1.36. The zero-order valence-electron chi connectivity index (χ0n) is 7.11. The molecule has 0 amide bonds. The summed E-state index contributed by atoms with van der Waals surface area (Å²) in [5.74, 6) is 0. The van der Waals surface area contributed by atoms with Crippen molar-refractivity contribution in [3.8, 4) is 0 Å². The van der Waals surface area contributed by atoms with E-state index in [9.17, 15) is 19.7 Å². The average Bonchev–Trinajstić information content (AvgIpc) is 2.02. The second kappa shape index (κ2) is 6.56. The molecule has 0 aromatic rings. The molecule has 0 unspecified atom stereocenters. The molecule has 0 fully saturated rings. The van der Waals surface area contributed by atoms with Crippen LogP contribution in [0.5, 0.6) is 0 Å². The lowest BCUT2D eigenvalue weighted by Gasteiger charge is -2.11. The first-order valence-electron chi connectivity index (χ1n) is 3.69. The highest BCUT2D eigenvalue weighted by molar-refractivity contribution is 6.63. The summed E-state index contributed by atoms with van der Waals surface area (Å²) in [7, 11) is 0. The van der Waals surface area contributed by atoms with Crippen LogP contribution in [0.4, 0.5) is 0 Å². The van der Waals surface area contributed by atoms with E-state index in [-0.39, 0.29) is 25.9 Å². The first kappa shape index (κ1) is 13.1. The molecule has 0 bridgehead atoms. The lowest BCUT2D eigenvalue weighted by molar-refractivity contribution is -0.655. The summed E-state index contributed by atoms with van der Waals surface area (Å²) in [6, 6.07) is 0. The number of nitro groups is 1. The normalized spacial score (nSPS) is 9.57. The molecule has 0 aliphatic carbocycles. The van der Waals surface area contributed by atoms with Crippen LogP contribution in [-0.4, -0.2) is 33.6 Å². The predicted octanol–water partition coefficient (Wildman–Crippen LogP) is 0.791. The van der Waals surface area contributed by atoms with Gasteiger partial charge in [0.25, 0.3) is 0 Å². The molecule has 0 aliphatic heterocycles. The number of hydrogen-bond donors (Lipinski definition) is 0. The Bertz CT molecular complexity index is 228. The Hall–Kier alpha value is -0.880. The summed E-state index contributed by atoms with van der Waals surface area (Å²) in [5, 5.41) is 9.06. The summed E-state index contributed by atoms with van der Waals surface area (Å²) >= 11 is 10.0. The van der Waals surface area contributed by atoms with E-state index in [2.05, 4.69) is 0 Å². The van der Waals surface area contributed by atoms with Gasteiger partial charge in [-0.05, 0) is 23.2 Å². The Morgan fingerprint density at radius 1 is 1.14 bits per heavy atom. The molecule has 0 rings (SSSR count). The van der Waals surface area contributed by atoms with E-state index in [4.69, 9.17) is 23.2 Å². The van der Waals surface area contributed by atoms with Gasteiger partial charge in [-0.25, -0.2) is 10.1 Å². The monoisotopic (exact) mass is 242 g/mol. The van der Waals surface area contributed by atoms with E-state index in [1.54, 1.807) is 0 Å². The molecule has 0 saturated heterocycles. The van der Waals surface area contributed by atoms with Crippen molar-refractivity contribution in [3.63, 3.8) is 0 Å². The lowest BCUT2D eigenvalue weighted by Crippen LogP contribution is -2.33. The van der Waals surface area contributed by atoms with E-state index < -0.39 is 15.5 Å². The molecule has 0 saturated carbocycles. The molecule has 80 valence electrons. The molecule has 6 nitrogen and oxygen atoms in total. The van der Waals surface area contributed by atoms with Crippen LogP contribution in [0.25, 0.3) is 0 Å². The fraction of sp³-hybridized carbons (Fsp3) is 0.667. The van der Waals surface area contributed by atoms with Gasteiger partial charge in [-0.1, -0.05) is 0 Å². The molecule has 0 aliphatic rings. The zero-order valence-corrected chi connectivity index (χ0v) is 8.62. The first-order valence-corrected chi connectivity index (χ1v) is 4.45. The quantitative estimate of drug-likeness (QED) is 0.375. The summed E-state index contributed by atoms with van der Waals surface area (Å²) in [4.78, 5) is 31.0. The molecular weight excluding hydrogens is 235 g/mol. The van der Waals surface area contributed by atoms with Crippen molar-refractivity contribution in [1.82, 2.24) is 5.01 Å². The van der Waals surface area contributed by atoms with Crippen LogP contribution in [0.2, 0.25) is 0 Å². The van der Waals surface area contributed by atoms with E-state index in [1.165, 1.54) is 0 Å². The van der Waals surface area contributed by atoms with E-state index >= 15 is 0 Å². The number of halogens is 2. The van der Waals surface area contributed by atoms with Crippen molar-refractivity contribution >= 4 is 33.7 Å². The fourth-order valence-corrected chi connectivity index (χ4v) is 0.878. The number of rotatable bonds is 7. The van der Waals surface area contributed by atoms with Crippen LogP contribution in [0.1, 0.15) is 12.8 Å². The maximum absolute atomic E-state index is 10.3. The molecular formula is C6H8Cl2N2O4. The minimum absolute atomic E-state index is 0.125. The second-order valence-corrected chi connectivity index (χ2v) is 3.24. The van der Waals surface area contributed by atoms with E-state index in [0.29, 0.717) is 0 Å². The van der Waals surface area contributed by atoms with Crippen LogP contribution in [0.3, 0.4) is 0 Å². The third-order valence-corrected chi connectivity index (χ3v) is 1.74. The molecule has 0 radical (unpaired) electrons. The number of nitrogens with zero attached hydrogens (tertiary/aromatic N) is 2. The van der Waals surface area contributed by atoms with Crippen LogP contribution in [0.15, 0.2) is 0 Å². The Labute approximate surface area is 89.9 Å². The predicted molar refractivity (Wildman–Crippen MR) is 49.5 cm³/mol. The van der Waals surface area contributed by atoms with Crippen molar-refractivity contribution in [2.75, 3.05) is 13.1 Å². The SMILES string of the molecule is O=C(Cl)CCN(CCC(=O)Cl)[N+](=O)[O-]. The van der Waals surface area contributed by atoms with Crippen molar-refractivity contribution in [2.45, 2.75) is 12.8 Å². The molecule has 0 spiro atoms. The number of hydrazine groups is 1. The van der Waals surface area contributed by atoms with E-state index in [0.717, 1.165) is 5.01 Å². The average molecular weight is 243 g/mol. The Morgan fingerprint density at radius 3 is 1.71 bits per heavy atom. The molecule has 8 heteroatoms. The molecule has 14 heavy (non-hydrogen) atoms. The van der Waals surface area contributed by atoms with Gasteiger partial charge in [0.05, 0.1) is 13.1 Å².